The maximum atomic E-state index is 14.8. The smallest absolute Gasteiger partial charge is 0.311 e. The number of rotatable bonds is 3. The molecule has 7 heteroatoms. The summed E-state index contributed by atoms with van der Waals surface area (Å²) in [6.45, 7) is 1.77. The zero-order valence-corrected chi connectivity index (χ0v) is 16.2. The number of hydrogen-bond donors (Lipinski definition) is 2. The molecule has 1 amide bonds. The standard InChI is InChI=1S/C22H21FN2O4/c1-22(9-5-7-15(22)21(28)29-2)25-20(27)13-11-18-14(10-16(13)23)19(26)12-6-3-4-8-17(12)24-18/h3-4,6,8,10-11,15H,5,7,9H2,1-2H3,(H,24,26)(H,25,27)/t15-,22-/m1/s1. The molecule has 0 aliphatic heterocycles. The van der Waals surface area contributed by atoms with Crippen molar-refractivity contribution in [2.75, 3.05) is 7.11 Å². The van der Waals surface area contributed by atoms with Gasteiger partial charge < -0.3 is 15.0 Å². The molecule has 0 bridgehead atoms. The Labute approximate surface area is 166 Å². The summed E-state index contributed by atoms with van der Waals surface area (Å²) < 4.78 is 19.6. The van der Waals surface area contributed by atoms with E-state index in [1.54, 1.807) is 31.2 Å². The van der Waals surface area contributed by atoms with Gasteiger partial charge in [0.15, 0.2) is 5.43 Å². The zero-order valence-electron chi connectivity index (χ0n) is 16.2. The number of aromatic nitrogens is 1. The topological polar surface area (TPSA) is 88.3 Å². The van der Waals surface area contributed by atoms with Crippen molar-refractivity contribution in [3.63, 3.8) is 0 Å². The molecule has 1 fully saturated rings. The summed E-state index contributed by atoms with van der Waals surface area (Å²) in [6.07, 6.45) is 1.95. The number of carbonyl (C=O) groups is 2. The number of carbonyl (C=O) groups excluding carboxylic acids is 2. The molecule has 1 saturated carbocycles. The van der Waals surface area contributed by atoms with Crippen LogP contribution >= 0.6 is 0 Å². The Hall–Kier alpha value is -3.22. The quantitative estimate of drug-likeness (QED) is 0.525. The lowest BCUT2D eigenvalue weighted by Crippen LogP contribution is -2.51. The number of nitrogens with one attached hydrogen (secondary N) is 2. The molecule has 1 aliphatic carbocycles. The van der Waals surface area contributed by atoms with Crippen LogP contribution in [0.3, 0.4) is 0 Å². The molecule has 6 nitrogen and oxygen atoms in total. The summed E-state index contributed by atoms with van der Waals surface area (Å²) >= 11 is 0. The van der Waals surface area contributed by atoms with E-state index >= 15 is 0 Å². The van der Waals surface area contributed by atoms with Crippen molar-refractivity contribution in [1.82, 2.24) is 10.3 Å². The first-order chi connectivity index (χ1) is 13.8. The number of H-pyrrole nitrogens is 1. The Morgan fingerprint density at radius 1 is 1.21 bits per heavy atom. The van der Waals surface area contributed by atoms with E-state index in [1.165, 1.54) is 13.2 Å². The van der Waals surface area contributed by atoms with Gasteiger partial charge in [-0.2, -0.15) is 0 Å². The van der Waals surface area contributed by atoms with E-state index in [4.69, 9.17) is 4.74 Å². The van der Waals surface area contributed by atoms with Crippen LogP contribution in [0.2, 0.25) is 0 Å². The Balaban J connectivity index is 1.74. The molecule has 0 saturated heterocycles. The average Bonchev–Trinajstić information content (AvgIpc) is 3.08. The highest BCUT2D eigenvalue weighted by Crippen LogP contribution is 2.36. The van der Waals surface area contributed by atoms with Crippen LogP contribution in [-0.2, 0) is 9.53 Å². The van der Waals surface area contributed by atoms with Crippen LogP contribution in [-0.4, -0.2) is 29.5 Å². The number of amides is 1. The van der Waals surface area contributed by atoms with Gasteiger partial charge in [-0.1, -0.05) is 18.6 Å². The Bertz CT molecular complexity index is 1200. The van der Waals surface area contributed by atoms with E-state index < -0.39 is 23.2 Å². The van der Waals surface area contributed by atoms with Gasteiger partial charge in [-0.15, -0.1) is 0 Å². The van der Waals surface area contributed by atoms with E-state index in [0.29, 0.717) is 29.3 Å². The molecule has 0 spiro atoms. The van der Waals surface area contributed by atoms with Gasteiger partial charge >= 0.3 is 5.97 Å². The zero-order chi connectivity index (χ0) is 20.8. The first kappa shape index (κ1) is 19.1. The highest BCUT2D eigenvalue weighted by atomic mass is 19.1. The predicted octanol–water partition coefficient (Wildman–Crippen LogP) is 3.28. The molecular formula is C22H21FN2O4. The Kier molecular flexibility index (Phi) is 4.61. The highest BCUT2D eigenvalue weighted by Gasteiger charge is 2.45. The summed E-state index contributed by atoms with van der Waals surface area (Å²) in [5.74, 6) is -2.28. The van der Waals surface area contributed by atoms with E-state index in [1.807, 2.05) is 0 Å². The van der Waals surface area contributed by atoms with Gasteiger partial charge in [0.25, 0.3) is 5.91 Å². The fourth-order valence-corrected chi connectivity index (χ4v) is 4.28. The first-order valence-electron chi connectivity index (χ1n) is 9.48. The van der Waals surface area contributed by atoms with Gasteiger partial charge in [-0.05, 0) is 44.0 Å². The predicted molar refractivity (Wildman–Crippen MR) is 107 cm³/mol. The summed E-state index contributed by atoms with van der Waals surface area (Å²) in [5, 5.41) is 3.46. The average molecular weight is 396 g/mol. The number of pyridine rings is 1. The molecule has 2 N–H and O–H groups in total. The number of fused-ring (bicyclic) bond motifs is 2. The third-order valence-electron chi connectivity index (χ3n) is 5.88. The minimum Gasteiger partial charge on any atom is -0.469 e. The second-order valence-electron chi connectivity index (χ2n) is 7.72. The normalized spacial score (nSPS) is 21.4. The molecule has 0 radical (unpaired) electrons. The molecule has 0 unspecified atom stereocenters. The third-order valence-corrected chi connectivity index (χ3v) is 5.88. The molecule has 2 atom stereocenters. The van der Waals surface area contributed by atoms with Crippen molar-refractivity contribution in [3.05, 3.63) is 58.0 Å². The van der Waals surface area contributed by atoms with Crippen LogP contribution in [0.4, 0.5) is 4.39 Å². The van der Waals surface area contributed by atoms with Gasteiger partial charge in [0, 0.05) is 16.3 Å². The molecular weight excluding hydrogens is 375 g/mol. The molecule has 1 aromatic heterocycles. The number of hydrogen-bond acceptors (Lipinski definition) is 4. The van der Waals surface area contributed by atoms with E-state index in [9.17, 15) is 18.8 Å². The lowest BCUT2D eigenvalue weighted by molar-refractivity contribution is -0.147. The first-order valence-corrected chi connectivity index (χ1v) is 9.48. The minimum absolute atomic E-state index is 0.178. The van der Waals surface area contributed by atoms with Gasteiger partial charge in [-0.25, -0.2) is 4.39 Å². The van der Waals surface area contributed by atoms with Gasteiger partial charge in [-0.3, -0.25) is 14.4 Å². The van der Waals surface area contributed by atoms with E-state index in [0.717, 1.165) is 12.5 Å². The highest BCUT2D eigenvalue weighted by molar-refractivity contribution is 6.00. The van der Waals surface area contributed by atoms with Gasteiger partial charge in [0.1, 0.15) is 5.82 Å². The number of methoxy groups -OCH3 is 1. The maximum absolute atomic E-state index is 14.8. The fourth-order valence-electron chi connectivity index (χ4n) is 4.28. The summed E-state index contributed by atoms with van der Waals surface area (Å²) in [6, 6.07) is 9.38. The van der Waals surface area contributed by atoms with Gasteiger partial charge in [0.2, 0.25) is 0 Å². The molecule has 1 aliphatic rings. The number of aromatic amines is 1. The van der Waals surface area contributed by atoms with Crippen molar-refractivity contribution in [2.24, 2.45) is 5.92 Å². The molecule has 4 rings (SSSR count). The van der Waals surface area contributed by atoms with Crippen LogP contribution < -0.4 is 10.7 Å². The molecule has 2 aromatic carbocycles. The largest absolute Gasteiger partial charge is 0.469 e. The summed E-state index contributed by atoms with van der Waals surface area (Å²) in [7, 11) is 1.31. The number of para-hydroxylation sites is 1. The lowest BCUT2D eigenvalue weighted by atomic mass is 9.88. The number of ether oxygens (including phenoxy) is 1. The molecule has 1 heterocycles. The van der Waals surface area contributed by atoms with Crippen molar-refractivity contribution in [1.29, 1.82) is 0 Å². The third kappa shape index (κ3) is 3.16. The van der Waals surface area contributed by atoms with Gasteiger partial charge in [0.05, 0.1) is 29.6 Å². The molecule has 150 valence electrons. The molecule has 29 heavy (non-hydrogen) atoms. The molecule has 3 aromatic rings. The van der Waals surface area contributed by atoms with Crippen molar-refractivity contribution >= 4 is 33.7 Å². The van der Waals surface area contributed by atoms with Crippen LogP contribution in [0.25, 0.3) is 21.8 Å². The SMILES string of the molecule is COC(=O)[C@H]1CCC[C@@]1(C)NC(=O)c1cc2[nH]c3ccccc3c(=O)c2cc1F. The second kappa shape index (κ2) is 6.99. The van der Waals surface area contributed by atoms with Crippen molar-refractivity contribution in [3.8, 4) is 0 Å². The Morgan fingerprint density at radius 2 is 1.97 bits per heavy atom. The number of esters is 1. The monoisotopic (exact) mass is 396 g/mol. The van der Waals surface area contributed by atoms with E-state index in [-0.39, 0.29) is 22.3 Å². The van der Waals surface area contributed by atoms with Crippen LogP contribution in [0, 0.1) is 11.7 Å². The van der Waals surface area contributed by atoms with E-state index in [2.05, 4.69) is 10.3 Å². The van der Waals surface area contributed by atoms with Crippen molar-refractivity contribution < 1.29 is 18.7 Å². The summed E-state index contributed by atoms with van der Waals surface area (Å²) in [4.78, 5) is 40.7. The maximum Gasteiger partial charge on any atom is 0.311 e. The van der Waals surface area contributed by atoms with Crippen LogP contribution in [0.15, 0.2) is 41.2 Å². The minimum atomic E-state index is -0.817. The fraction of sp³-hybridized carbons (Fsp3) is 0.318. The number of benzene rings is 2. The summed E-state index contributed by atoms with van der Waals surface area (Å²) in [5.41, 5.74) is -0.311. The Morgan fingerprint density at radius 3 is 2.72 bits per heavy atom. The van der Waals surface area contributed by atoms with Crippen molar-refractivity contribution in [2.45, 2.75) is 31.7 Å². The number of halogens is 1. The second-order valence-corrected chi connectivity index (χ2v) is 7.72. The van der Waals surface area contributed by atoms with Crippen LogP contribution in [0.5, 0.6) is 0 Å². The lowest BCUT2D eigenvalue weighted by Gasteiger charge is -2.31. The van der Waals surface area contributed by atoms with Crippen LogP contribution in [0.1, 0.15) is 36.5 Å².